The van der Waals surface area contributed by atoms with Crippen molar-refractivity contribution in [1.29, 1.82) is 0 Å². The first-order valence-corrected chi connectivity index (χ1v) is 7.46. The zero-order valence-corrected chi connectivity index (χ0v) is 12.9. The minimum absolute atomic E-state index is 0. The molecule has 3 rings (SSSR count). The van der Waals surface area contributed by atoms with Crippen molar-refractivity contribution in [1.82, 2.24) is 10.2 Å². The molecule has 0 bridgehead atoms. The van der Waals surface area contributed by atoms with E-state index in [1.54, 1.807) is 6.07 Å². The van der Waals surface area contributed by atoms with Crippen LogP contribution in [0.25, 0.3) is 0 Å². The van der Waals surface area contributed by atoms with Crippen LogP contribution in [0.2, 0.25) is 0 Å². The van der Waals surface area contributed by atoms with E-state index in [1.165, 1.54) is 24.8 Å². The molecule has 2 aliphatic rings. The van der Waals surface area contributed by atoms with E-state index in [1.807, 2.05) is 13.0 Å². The Morgan fingerprint density at radius 1 is 1.25 bits per heavy atom. The molecule has 1 aliphatic carbocycles. The van der Waals surface area contributed by atoms with Crippen LogP contribution in [0.15, 0.2) is 18.2 Å². The van der Waals surface area contributed by atoms with E-state index in [2.05, 4.69) is 16.3 Å². The molecule has 1 N–H and O–H groups in total. The Hall–Kier alpha value is -0.640. The molecule has 0 aromatic heterocycles. The van der Waals surface area contributed by atoms with Crippen molar-refractivity contribution in [2.24, 2.45) is 5.92 Å². The Balaban J connectivity index is 0.00000147. The Kier molecular flexibility index (Phi) is 5.42. The van der Waals surface area contributed by atoms with Crippen LogP contribution in [-0.4, -0.2) is 31.1 Å². The third kappa shape index (κ3) is 3.16. The summed E-state index contributed by atoms with van der Waals surface area (Å²) in [6.07, 6.45) is 4.00. The van der Waals surface area contributed by atoms with Gasteiger partial charge in [0, 0.05) is 32.2 Å². The van der Waals surface area contributed by atoms with E-state index in [4.69, 9.17) is 0 Å². The number of benzene rings is 1. The molecule has 20 heavy (non-hydrogen) atoms. The summed E-state index contributed by atoms with van der Waals surface area (Å²) in [6.45, 7) is 6.23. The minimum Gasteiger partial charge on any atom is -0.314 e. The molecule has 2 nitrogen and oxygen atoms in total. The Labute approximate surface area is 127 Å². The summed E-state index contributed by atoms with van der Waals surface area (Å²) in [5, 5.41) is 3.41. The number of piperazine rings is 1. The number of hydrogen-bond acceptors (Lipinski definition) is 2. The van der Waals surface area contributed by atoms with Crippen molar-refractivity contribution >= 4 is 12.4 Å². The van der Waals surface area contributed by atoms with E-state index in [9.17, 15) is 4.39 Å². The first-order valence-electron chi connectivity index (χ1n) is 7.46. The highest BCUT2D eigenvalue weighted by Gasteiger charge is 2.33. The average Bonchev–Trinajstić information content (AvgIpc) is 2.38. The highest BCUT2D eigenvalue weighted by Crippen LogP contribution is 2.41. The van der Waals surface area contributed by atoms with E-state index in [0.717, 1.165) is 37.7 Å². The Morgan fingerprint density at radius 2 is 1.95 bits per heavy atom. The van der Waals surface area contributed by atoms with Gasteiger partial charge >= 0.3 is 0 Å². The van der Waals surface area contributed by atoms with Gasteiger partial charge in [-0.15, -0.1) is 12.4 Å². The molecule has 1 atom stereocenters. The van der Waals surface area contributed by atoms with Gasteiger partial charge in [0.15, 0.2) is 0 Å². The van der Waals surface area contributed by atoms with Crippen LogP contribution in [0.1, 0.15) is 36.4 Å². The summed E-state index contributed by atoms with van der Waals surface area (Å²) < 4.78 is 13.5. The van der Waals surface area contributed by atoms with E-state index in [0.29, 0.717) is 6.04 Å². The van der Waals surface area contributed by atoms with Gasteiger partial charge in [0.05, 0.1) is 0 Å². The Morgan fingerprint density at radius 3 is 2.50 bits per heavy atom. The predicted molar refractivity (Wildman–Crippen MR) is 82.9 cm³/mol. The number of rotatable bonds is 3. The smallest absolute Gasteiger partial charge is 0.126 e. The summed E-state index contributed by atoms with van der Waals surface area (Å²) >= 11 is 0. The zero-order chi connectivity index (χ0) is 13.2. The molecule has 2 fully saturated rings. The van der Waals surface area contributed by atoms with Gasteiger partial charge in [-0.05, 0) is 42.9 Å². The standard InChI is InChI=1S/C16H23FN2.ClH/c1-12-11-14(5-6-15(12)17)16(13-3-2-4-13)19-9-7-18-8-10-19;/h5-6,11,13,16,18H,2-4,7-10H2,1H3;1H/t16-;/m0./s1. The van der Waals surface area contributed by atoms with Gasteiger partial charge in [-0.1, -0.05) is 18.6 Å². The largest absolute Gasteiger partial charge is 0.314 e. The molecule has 112 valence electrons. The van der Waals surface area contributed by atoms with Crippen LogP contribution >= 0.6 is 12.4 Å². The normalized spacial score (nSPS) is 21.9. The molecule has 1 heterocycles. The van der Waals surface area contributed by atoms with E-state index in [-0.39, 0.29) is 18.2 Å². The quantitative estimate of drug-likeness (QED) is 0.921. The lowest BCUT2D eigenvalue weighted by molar-refractivity contribution is 0.0836. The SMILES string of the molecule is Cc1cc([C@H](C2CCC2)N2CCNCC2)ccc1F.Cl. The summed E-state index contributed by atoms with van der Waals surface area (Å²) in [5.41, 5.74) is 2.09. The molecular formula is C16H24ClFN2. The van der Waals surface area contributed by atoms with E-state index < -0.39 is 0 Å². The maximum absolute atomic E-state index is 13.5. The number of halogens is 2. The monoisotopic (exact) mass is 298 g/mol. The van der Waals surface area contributed by atoms with Crippen molar-refractivity contribution < 1.29 is 4.39 Å². The highest BCUT2D eigenvalue weighted by molar-refractivity contribution is 5.85. The second kappa shape index (κ2) is 6.88. The third-order valence-corrected chi connectivity index (χ3v) is 4.66. The second-order valence-corrected chi connectivity index (χ2v) is 5.93. The van der Waals surface area contributed by atoms with Gasteiger partial charge in [0.25, 0.3) is 0 Å². The summed E-state index contributed by atoms with van der Waals surface area (Å²) in [7, 11) is 0. The third-order valence-electron chi connectivity index (χ3n) is 4.66. The summed E-state index contributed by atoms with van der Waals surface area (Å²) in [4.78, 5) is 2.59. The van der Waals surface area contributed by atoms with Crippen LogP contribution in [0.5, 0.6) is 0 Å². The van der Waals surface area contributed by atoms with Crippen molar-refractivity contribution in [2.75, 3.05) is 26.2 Å². The van der Waals surface area contributed by atoms with Gasteiger partial charge in [-0.3, -0.25) is 4.90 Å². The van der Waals surface area contributed by atoms with Crippen LogP contribution in [0.3, 0.4) is 0 Å². The fourth-order valence-corrected chi connectivity index (χ4v) is 3.35. The number of aryl methyl sites for hydroxylation is 1. The van der Waals surface area contributed by atoms with Crippen molar-refractivity contribution in [3.63, 3.8) is 0 Å². The maximum Gasteiger partial charge on any atom is 0.126 e. The first kappa shape index (κ1) is 15.7. The Bertz CT molecular complexity index is 442. The molecule has 1 saturated heterocycles. The molecule has 1 aromatic rings. The van der Waals surface area contributed by atoms with Gasteiger partial charge in [0.2, 0.25) is 0 Å². The minimum atomic E-state index is -0.0866. The predicted octanol–water partition coefficient (Wildman–Crippen LogP) is 3.30. The molecule has 1 aliphatic heterocycles. The van der Waals surface area contributed by atoms with Crippen molar-refractivity contribution in [3.05, 3.63) is 35.1 Å². The lowest BCUT2D eigenvalue weighted by atomic mass is 9.76. The number of hydrogen-bond donors (Lipinski definition) is 1. The molecule has 1 saturated carbocycles. The molecule has 4 heteroatoms. The van der Waals surface area contributed by atoms with Crippen LogP contribution in [0.4, 0.5) is 4.39 Å². The summed E-state index contributed by atoms with van der Waals surface area (Å²) in [5.74, 6) is 0.680. The average molecular weight is 299 g/mol. The van der Waals surface area contributed by atoms with E-state index >= 15 is 0 Å². The molecule has 1 aromatic carbocycles. The molecule has 0 spiro atoms. The molecule has 0 radical (unpaired) electrons. The molecule has 0 amide bonds. The van der Waals surface area contributed by atoms with Crippen molar-refractivity contribution in [3.8, 4) is 0 Å². The van der Waals surface area contributed by atoms with Gasteiger partial charge in [0.1, 0.15) is 5.82 Å². The number of nitrogens with one attached hydrogen (secondary N) is 1. The van der Waals surface area contributed by atoms with Gasteiger partial charge < -0.3 is 5.32 Å². The highest BCUT2D eigenvalue weighted by atomic mass is 35.5. The fraction of sp³-hybridized carbons (Fsp3) is 0.625. The molecule has 0 unspecified atom stereocenters. The second-order valence-electron chi connectivity index (χ2n) is 5.93. The summed E-state index contributed by atoms with van der Waals surface area (Å²) in [6, 6.07) is 6.18. The lowest BCUT2D eigenvalue weighted by Gasteiger charge is -2.43. The van der Waals surface area contributed by atoms with Crippen LogP contribution in [-0.2, 0) is 0 Å². The zero-order valence-electron chi connectivity index (χ0n) is 12.1. The van der Waals surface area contributed by atoms with Gasteiger partial charge in [-0.2, -0.15) is 0 Å². The van der Waals surface area contributed by atoms with Gasteiger partial charge in [-0.25, -0.2) is 4.39 Å². The fourth-order valence-electron chi connectivity index (χ4n) is 3.35. The number of nitrogens with zero attached hydrogens (tertiary/aromatic N) is 1. The van der Waals surface area contributed by atoms with Crippen molar-refractivity contribution in [2.45, 2.75) is 32.2 Å². The van der Waals surface area contributed by atoms with Crippen LogP contribution < -0.4 is 5.32 Å². The topological polar surface area (TPSA) is 15.3 Å². The van der Waals surface area contributed by atoms with Crippen LogP contribution in [0, 0.1) is 18.7 Å². The first-order chi connectivity index (χ1) is 9.25. The molecular weight excluding hydrogens is 275 g/mol. The lowest BCUT2D eigenvalue weighted by Crippen LogP contribution is -2.47. The maximum atomic E-state index is 13.5.